The number of hydrogen-bond acceptors (Lipinski definition) is 3. The number of halogens is 1. The van der Waals surface area contributed by atoms with Crippen molar-refractivity contribution in [2.24, 2.45) is 0 Å². The topological polar surface area (TPSA) is 58.6 Å². The van der Waals surface area contributed by atoms with Crippen molar-refractivity contribution in [1.82, 2.24) is 10.2 Å². The molecule has 0 aromatic heterocycles. The molecule has 2 amide bonds. The molecule has 0 radical (unpaired) electrons. The van der Waals surface area contributed by atoms with Gasteiger partial charge in [-0.25, -0.2) is 9.59 Å². The molecule has 0 unspecified atom stereocenters. The number of unbranched alkanes of at least 4 members (excludes halogenated alkanes) is 2. The molecule has 0 aliphatic carbocycles. The number of esters is 1. The maximum Gasteiger partial charge on any atom is 0.338 e. The Balaban J connectivity index is 2.32. The zero-order chi connectivity index (χ0) is 17.7. The molecule has 1 atom stereocenters. The average Bonchev–Trinajstić information content (AvgIpc) is 2.56. The van der Waals surface area contributed by atoms with E-state index in [1.165, 1.54) is 4.90 Å². The first-order chi connectivity index (χ1) is 11.5. The van der Waals surface area contributed by atoms with Gasteiger partial charge in [-0.3, -0.25) is 0 Å². The largest absolute Gasteiger partial charge is 0.462 e. The summed E-state index contributed by atoms with van der Waals surface area (Å²) in [6.45, 7) is 4.20. The van der Waals surface area contributed by atoms with E-state index >= 15 is 0 Å². The lowest BCUT2D eigenvalue weighted by Crippen LogP contribution is -2.46. The number of nitrogens with one attached hydrogen (secondary N) is 1. The van der Waals surface area contributed by atoms with Crippen LogP contribution in [0.25, 0.3) is 0 Å². The highest BCUT2D eigenvalue weighted by Gasteiger charge is 2.35. The first-order valence-electron chi connectivity index (χ1n) is 8.13. The predicted molar refractivity (Wildman–Crippen MR) is 93.7 cm³/mol. The number of carbonyl (C=O) groups is 2. The second kappa shape index (κ2) is 8.20. The number of rotatable bonds is 6. The van der Waals surface area contributed by atoms with Crippen molar-refractivity contribution < 1.29 is 14.3 Å². The number of hydrogen-bond donors (Lipinski definition) is 1. The Morgan fingerprint density at radius 2 is 2.04 bits per heavy atom. The Morgan fingerprint density at radius 1 is 1.33 bits per heavy atom. The smallest absolute Gasteiger partial charge is 0.338 e. The monoisotopic (exact) mass is 350 g/mol. The van der Waals surface area contributed by atoms with Crippen molar-refractivity contribution in [3.63, 3.8) is 0 Å². The minimum absolute atomic E-state index is 0.278. The summed E-state index contributed by atoms with van der Waals surface area (Å²) in [5.41, 5.74) is 1.67. The molecule has 24 heavy (non-hydrogen) atoms. The van der Waals surface area contributed by atoms with E-state index in [1.807, 2.05) is 12.1 Å². The van der Waals surface area contributed by atoms with Crippen LogP contribution in [0.4, 0.5) is 4.79 Å². The normalized spacial score (nSPS) is 17.8. The van der Waals surface area contributed by atoms with Crippen molar-refractivity contribution in [3.05, 3.63) is 46.1 Å². The Morgan fingerprint density at radius 3 is 2.71 bits per heavy atom. The number of ether oxygens (including phenoxy) is 1. The van der Waals surface area contributed by atoms with Gasteiger partial charge in [0.2, 0.25) is 0 Å². The zero-order valence-corrected chi connectivity index (χ0v) is 15.0. The van der Waals surface area contributed by atoms with Crippen LogP contribution in [0.3, 0.4) is 0 Å². The van der Waals surface area contributed by atoms with Gasteiger partial charge in [0.05, 0.1) is 18.2 Å². The van der Waals surface area contributed by atoms with Crippen LogP contribution in [0.2, 0.25) is 5.02 Å². The molecule has 0 bridgehead atoms. The highest BCUT2D eigenvalue weighted by molar-refractivity contribution is 6.31. The third kappa shape index (κ3) is 3.90. The van der Waals surface area contributed by atoms with Crippen LogP contribution in [0.5, 0.6) is 0 Å². The molecule has 0 spiro atoms. The molecule has 1 aliphatic heterocycles. The van der Waals surface area contributed by atoms with Gasteiger partial charge >= 0.3 is 12.0 Å². The Labute approximate surface area is 147 Å². The molecular weight excluding hydrogens is 328 g/mol. The van der Waals surface area contributed by atoms with Crippen LogP contribution < -0.4 is 5.32 Å². The van der Waals surface area contributed by atoms with Crippen LogP contribution in [-0.4, -0.2) is 30.6 Å². The quantitative estimate of drug-likeness (QED) is 0.622. The number of nitrogens with zero attached hydrogens (tertiary/aromatic N) is 1. The van der Waals surface area contributed by atoms with Gasteiger partial charge in [-0.1, -0.05) is 49.6 Å². The Kier molecular flexibility index (Phi) is 6.26. The molecule has 5 nitrogen and oxygen atoms in total. The maximum absolute atomic E-state index is 12.6. The summed E-state index contributed by atoms with van der Waals surface area (Å²) in [5, 5.41) is 3.33. The predicted octanol–water partition coefficient (Wildman–Crippen LogP) is 4.04. The van der Waals surface area contributed by atoms with E-state index in [-0.39, 0.29) is 6.03 Å². The Hall–Kier alpha value is -2.01. The summed E-state index contributed by atoms with van der Waals surface area (Å²) in [5.74, 6) is -0.416. The van der Waals surface area contributed by atoms with Crippen molar-refractivity contribution >= 4 is 23.6 Å². The standard InChI is InChI=1S/C18H23ClN2O3/c1-4-5-8-11-24-17(22)15-12(2)21(3)18(23)20-16(15)13-9-6-7-10-14(13)19/h6-7,9-10,16H,4-5,8,11H2,1-3H3,(H,20,23)/t16-/m1/s1. The summed E-state index contributed by atoms with van der Waals surface area (Å²) in [4.78, 5) is 26.2. The summed E-state index contributed by atoms with van der Waals surface area (Å²) >= 11 is 6.27. The van der Waals surface area contributed by atoms with Crippen LogP contribution in [0.15, 0.2) is 35.5 Å². The van der Waals surface area contributed by atoms with Crippen LogP contribution in [0.1, 0.15) is 44.7 Å². The van der Waals surface area contributed by atoms with E-state index in [1.54, 1.807) is 26.1 Å². The summed E-state index contributed by atoms with van der Waals surface area (Å²) in [7, 11) is 1.62. The number of allylic oxidation sites excluding steroid dienone is 1. The molecular formula is C18H23ClN2O3. The van der Waals surface area contributed by atoms with E-state index in [0.717, 1.165) is 19.3 Å². The lowest BCUT2D eigenvalue weighted by molar-refractivity contribution is -0.139. The van der Waals surface area contributed by atoms with E-state index in [0.29, 0.717) is 28.5 Å². The van der Waals surface area contributed by atoms with Crippen molar-refractivity contribution in [2.45, 2.75) is 39.2 Å². The second-order valence-electron chi connectivity index (χ2n) is 5.81. The summed E-state index contributed by atoms with van der Waals surface area (Å²) in [6.07, 6.45) is 2.89. The van der Waals surface area contributed by atoms with Crippen molar-refractivity contribution in [2.75, 3.05) is 13.7 Å². The SMILES string of the molecule is CCCCCOC(=O)C1=C(C)N(C)C(=O)N[C@@H]1c1ccccc1Cl. The van der Waals surface area contributed by atoms with E-state index in [4.69, 9.17) is 16.3 Å². The van der Waals surface area contributed by atoms with Gasteiger partial charge in [-0.05, 0) is 25.0 Å². The molecule has 1 N–H and O–H groups in total. The van der Waals surface area contributed by atoms with Gasteiger partial charge in [0, 0.05) is 17.8 Å². The molecule has 0 fully saturated rings. The summed E-state index contributed by atoms with van der Waals surface area (Å²) < 4.78 is 5.41. The van der Waals surface area contributed by atoms with Gasteiger partial charge < -0.3 is 15.0 Å². The number of carbonyl (C=O) groups excluding carboxylic acids is 2. The van der Waals surface area contributed by atoms with Gasteiger partial charge in [0.1, 0.15) is 0 Å². The fourth-order valence-corrected chi connectivity index (χ4v) is 2.88. The number of urea groups is 1. The maximum atomic E-state index is 12.6. The summed E-state index contributed by atoms with van der Waals surface area (Å²) in [6, 6.07) is 6.28. The molecule has 0 saturated carbocycles. The van der Waals surface area contributed by atoms with Crippen LogP contribution in [0, 0.1) is 0 Å². The molecule has 1 aliphatic rings. The minimum atomic E-state index is -0.610. The fraction of sp³-hybridized carbons (Fsp3) is 0.444. The van der Waals surface area contributed by atoms with Gasteiger partial charge in [0.25, 0.3) is 0 Å². The highest BCUT2D eigenvalue weighted by Crippen LogP contribution is 2.34. The number of amides is 2. The van der Waals surface area contributed by atoms with Crippen molar-refractivity contribution in [3.8, 4) is 0 Å². The molecule has 0 saturated heterocycles. The molecule has 1 heterocycles. The van der Waals surface area contributed by atoms with E-state index in [9.17, 15) is 9.59 Å². The van der Waals surface area contributed by atoms with Crippen molar-refractivity contribution in [1.29, 1.82) is 0 Å². The molecule has 2 rings (SSSR count). The third-order valence-electron chi connectivity index (χ3n) is 4.17. The van der Waals surface area contributed by atoms with E-state index < -0.39 is 12.0 Å². The molecule has 1 aromatic rings. The Bertz CT molecular complexity index is 657. The molecule has 130 valence electrons. The number of benzene rings is 1. The fourth-order valence-electron chi connectivity index (χ4n) is 2.64. The average molecular weight is 351 g/mol. The first-order valence-corrected chi connectivity index (χ1v) is 8.51. The van der Waals surface area contributed by atoms with E-state index in [2.05, 4.69) is 12.2 Å². The lowest BCUT2D eigenvalue weighted by atomic mass is 9.95. The molecule has 6 heteroatoms. The van der Waals surface area contributed by atoms with Crippen LogP contribution in [-0.2, 0) is 9.53 Å². The molecule has 1 aromatic carbocycles. The second-order valence-corrected chi connectivity index (χ2v) is 6.21. The van der Waals surface area contributed by atoms with Gasteiger partial charge in [0.15, 0.2) is 0 Å². The third-order valence-corrected chi connectivity index (χ3v) is 4.52. The highest BCUT2D eigenvalue weighted by atomic mass is 35.5. The first kappa shape index (κ1) is 18.3. The van der Waals surface area contributed by atoms with Gasteiger partial charge in [-0.15, -0.1) is 0 Å². The minimum Gasteiger partial charge on any atom is -0.462 e. The van der Waals surface area contributed by atoms with Crippen LogP contribution >= 0.6 is 11.6 Å². The lowest BCUT2D eigenvalue weighted by Gasteiger charge is -2.33. The van der Waals surface area contributed by atoms with Gasteiger partial charge in [-0.2, -0.15) is 0 Å². The zero-order valence-electron chi connectivity index (χ0n) is 14.3.